The fourth-order valence-corrected chi connectivity index (χ4v) is 5.46. The fraction of sp³-hybridized carbons (Fsp3) is 0.355. The molecule has 0 bridgehead atoms. The number of carbonyl (C=O) groups excluding carboxylic acids is 2. The highest BCUT2D eigenvalue weighted by Crippen LogP contribution is 2.21. The minimum atomic E-state index is -3.54. The van der Waals surface area contributed by atoms with Gasteiger partial charge in [-0.2, -0.15) is 0 Å². The second-order valence-electron chi connectivity index (χ2n) is 10.2. The van der Waals surface area contributed by atoms with Gasteiger partial charge in [0.15, 0.2) is 0 Å². The summed E-state index contributed by atoms with van der Waals surface area (Å²) in [4.78, 5) is 28.8. The number of aryl methyl sites for hydroxylation is 1. The maximum Gasteiger partial charge on any atom is 0.243 e. The molecule has 39 heavy (non-hydrogen) atoms. The van der Waals surface area contributed by atoms with Crippen molar-refractivity contribution in [2.75, 3.05) is 17.1 Å². The molecule has 7 nitrogen and oxygen atoms in total. The molecule has 0 radical (unpaired) electrons. The van der Waals surface area contributed by atoms with E-state index in [4.69, 9.17) is 0 Å². The average Bonchev–Trinajstić information content (AvgIpc) is 2.88. The topological polar surface area (TPSA) is 86.8 Å². The van der Waals surface area contributed by atoms with Gasteiger partial charge < -0.3 is 10.2 Å². The molecule has 0 aromatic heterocycles. The van der Waals surface area contributed by atoms with Crippen LogP contribution in [0.25, 0.3) is 0 Å². The first-order valence-electron chi connectivity index (χ1n) is 13.3. The van der Waals surface area contributed by atoms with Gasteiger partial charge in [-0.25, -0.2) is 8.42 Å². The van der Waals surface area contributed by atoms with Crippen LogP contribution in [0.5, 0.6) is 0 Å². The van der Waals surface area contributed by atoms with Crippen molar-refractivity contribution in [3.63, 3.8) is 0 Å². The minimum absolute atomic E-state index is 0.0814. The van der Waals surface area contributed by atoms with Crippen LogP contribution in [0, 0.1) is 6.92 Å². The van der Waals surface area contributed by atoms with Gasteiger partial charge in [0, 0.05) is 32.0 Å². The molecule has 0 spiro atoms. The zero-order valence-electron chi connectivity index (χ0n) is 23.2. The summed E-state index contributed by atoms with van der Waals surface area (Å²) in [6, 6.07) is 25.7. The number of hydrogen-bond donors (Lipinski definition) is 1. The van der Waals surface area contributed by atoms with E-state index in [9.17, 15) is 18.0 Å². The van der Waals surface area contributed by atoms with Crippen LogP contribution < -0.4 is 9.62 Å². The summed E-state index contributed by atoms with van der Waals surface area (Å²) in [5.74, 6) is -0.410. The van der Waals surface area contributed by atoms with E-state index in [1.165, 1.54) is 10.6 Å². The molecule has 3 rings (SSSR count). The van der Waals surface area contributed by atoms with Crippen LogP contribution in [-0.2, 0) is 32.6 Å². The second-order valence-corrected chi connectivity index (χ2v) is 12.1. The number of nitrogens with one attached hydrogen (secondary N) is 1. The van der Waals surface area contributed by atoms with Crippen molar-refractivity contribution in [1.29, 1.82) is 0 Å². The molecule has 3 aromatic carbocycles. The molecular weight excluding hydrogens is 510 g/mol. The van der Waals surface area contributed by atoms with Crippen LogP contribution in [0.3, 0.4) is 0 Å². The van der Waals surface area contributed by atoms with E-state index in [1.54, 1.807) is 11.0 Å². The molecule has 1 atom stereocenters. The zero-order chi connectivity index (χ0) is 28.4. The molecule has 1 N–H and O–H groups in total. The molecule has 208 valence electrons. The third kappa shape index (κ3) is 9.25. The van der Waals surface area contributed by atoms with E-state index in [-0.39, 0.29) is 37.4 Å². The van der Waals surface area contributed by atoms with Crippen molar-refractivity contribution in [3.05, 3.63) is 102 Å². The molecule has 0 aliphatic heterocycles. The molecule has 0 fully saturated rings. The van der Waals surface area contributed by atoms with Gasteiger partial charge in [0.25, 0.3) is 0 Å². The van der Waals surface area contributed by atoms with Gasteiger partial charge in [0.2, 0.25) is 21.8 Å². The van der Waals surface area contributed by atoms with Gasteiger partial charge in [-0.15, -0.1) is 0 Å². The Morgan fingerprint density at radius 3 is 2.05 bits per heavy atom. The Bertz CT molecular complexity index is 1330. The molecule has 0 aliphatic rings. The summed E-state index contributed by atoms with van der Waals surface area (Å²) >= 11 is 0. The normalized spacial score (nSPS) is 12.1. The van der Waals surface area contributed by atoms with E-state index < -0.39 is 16.1 Å². The molecule has 2 amide bonds. The Labute approximate surface area is 232 Å². The quantitative estimate of drug-likeness (QED) is 0.335. The van der Waals surface area contributed by atoms with Crippen LogP contribution in [0.15, 0.2) is 84.9 Å². The lowest BCUT2D eigenvalue weighted by molar-refractivity contribution is -0.141. The number of sulfonamides is 1. The highest BCUT2D eigenvalue weighted by atomic mass is 32.2. The smallest absolute Gasteiger partial charge is 0.243 e. The monoisotopic (exact) mass is 549 g/mol. The Morgan fingerprint density at radius 2 is 1.49 bits per heavy atom. The lowest BCUT2D eigenvalue weighted by atomic mass is 10.0. The van der Waals surface area contributed by atoms with Crippen molar-refractivity contribution in [3.8, 4) is 0 Å². The number of hydrogen-bond acceptors (Lipinski definition) is 4. The standard InChI is InChI=1S/C31H39N3O4S/c1-24(2)32-31(36)29(22-26-14-7-5-8-15-26)33(23-27-16-9-6-10-17-27)30(35)19-12-20-34(39(4,37)38)28-18-11-13-25(3)21-28/h5-11,13-18,21,24,29H,12,19-20,22-23H2,1-4H3,(H,32,36)/t29-/m0/s1. The highest BCUT2D eigenvalue weighted by Gasteiger charge is 2.30. The molecule has 8 heteroatoms. The van der Waals surface area contributed by atoms with Gasteiger partial charge >= 0.3 is 0 Å². The summed E-state index contributed by atoms with van der Waals surface area (Å²) in [5.41, 5.74) is 3.39. The van der Waals surface area contributed by atoms with Crippen molar-refractivity contribution in [2.24, 2.45) is 0 Å². The first kappa shape index (κ1) is 29.9. The number of carbonyl (C=O) groups is 2. The van der Waals surface area contributed by atoms with E-state index in [0.717, 1.165) is 16.7 Å². The van der Waals surface area contributed by atoms with Gasteiger partial charge in [0.05, 0.1) is 11.9 Å². The third-order valence-electron chi connectivity index (χ3n) is 6.34. The number of anilines is 1. The van der Waals surface area contributed by atoms with Crippen LogP contribution in [0.2, 0.25) is 0 Å². The lowest BCUT2D eigenvalue weighted by Gasteiger charge is -2.32. The van der Waals surface area contributed by atoms with E-state index in [0.29, 0.717) is 18.5 Å². The summed E-state index contributed by atoms with van der Waals surface area (Å²) in [6.07, 6.45) is 1.96. The van der Waals surface area contributed by atoms with Crippen molar-refractivity contribution in [1.82, 2.24) is 10.2 Å². The van der Waals surface area contributed by atoms with Gasteiger partial charge in [-0.1, -0.05) is 72.8 Å². The van der Waals surface area contributed by atoms with Crippen molar-refractivity contribution in [2.45, 2.75) is 58.7 Å². The summed E-state index contributed by atoms with van der Waals surface area (Å²) in [6.45, 7) is 6.13. The first-order chi connectivity index (χ1) is 18.5. The fourth-order valence-electron chi connectivity index (χ4n) is 4.50. The van der Waals surface area contributed by atoms with Crippen LogP contribution in [0.1, 0.15) is 43.4 Å². The van der Waals surface area contributed by atoms with E-state index >= 15 is 0 Å². The number of amides is 2. The van der Waals surface area contributed by atoms with Crippen LogP contribution >= 0.6 is 0 Å². The summed E-state index contributed by atoms with van der Waals surface area (Å²) in [7, 11) is -3.54. The van der Waals surface area contributed by atoms with E-state index in [1.807, 2.05) is 99.6 Å². The van der Waals surface area contributed by atoms with Gasteiger partial charge in [0.1, 0.15) is 6.04 Å². The summed E-state index contributed by atoms with van der Waals surface area (Å²) in [5, 5.41) is 2.98. The number of benzene rings is 3. The second kappa shape index (κ2) is 13.9. The summed E-state index contributed by atoms with van der Waals surface area (Å²) < 4.78 is 26.5. The largest absolute Gasteiger partial charge is 0.352 e. The van der Waals surface area contributed by atoms with Gasteiger partial charge in [-0.3, -0.25) is 13.9 Å². The highest BCUT2D eigenvalue weighted by molar-refractivity contribution is 7.92. The predicted molar refractivity (Wildman–Crippen MR) is 157 cm³/mol. The maximum absolute atomic E-state index is 13.8. The van der Waals surface area contributed by atoms with Crippen LogP contribution in [0.4, 0.5) is 5.69 Å². The Balaban J connectivity index is 1.86. The average molecular weight is 550 g/mol. The molecule has 0 unspecified atom stereocenters. The zero-order valence-corrected chi connectivity index (χ0v) is 24.0. The molecule has 3 aromatic rings. The SMILES string of the molecule is Cc1cccc(N(CCCC(=O)N(Cc2ccccc2)[C@@H](Cc2ccccc2)C(=O)NC(C)C)S(C)(=O)=O)c1. The molecule has 0 saturated heterocycles. The first-order valence-corrected chi connectivity index (χ1v) is 15.1. The Hall–Kier alpha value is -3.65. The van der Waals surface area contributed by atoms with E-state index in [2.05, 4.69) is 5.32 Å². The van der Waals surface area contributed by atoms with Crippen molar-refractivity contribution < 1.29 is 18.0 Å². The van der Waals surface area contributed by atoms with Crippen LogP contribution in [-0.4, -0.2) is 50.0 Å². The van der Waals surface area contributed by atoms with Crippen molar-refractivity contribution >= 4 is 27.5 Å². The van der Waals surface area contributed by atoms with Gasteiger partial charge in [-0.05, 0) is 56.0 Å². The molecule has 0 heterocycles. The third-order valence-corrected chi connectivity index (χ3v) is 7.53. The molecular formula is C31H39N3O4S. The number of rotatable bonds is 13. The number of nitrogens with zero attached hydrogens (tertiary/aromatic N) is 2. The minimum Gasteiger partial charge on any atom is -0.352 e. The maximum atomic E-state index is 13.8. The Kier molecular flexibility index (Phi) is 10.7. The predicted octanol–water partition coefficient (Wildman–Crippen LogP) is 4.71. The molecule has 0 aliphatic carbocycles. The molecule has 0 saturated carbocycles. The Morgan fingerprint density at radius 1 is 0.872 bits per heavy atom. The lowest BCUT2D eigenvalue weighted by Crippen LogP contribution is -2.51.